The van der Waals surface area contributed by atoms with Crippen molar-refractivity contribution in [2.45, 2.75) is 12.8 Å². The minimum atomic E-state index is -4.61. The number of halogens is 1. The van der Waals surface area contributed by atoms with Crippen molar-refractivity contribution in [3.8, 4) is 0 Å². The molecule has 1 aliphatic rings. The maximum absolute atomic E-state index is 12.9. The summed E-state index contributed by atoms with van der Waals surface area (Å²) in [5, 5.41) is 0. The van der Waals surface area contributed by atoms with Crippen LogP contribution in [0.1, 0.15) is 12.0 Å². The van der Waals surface area contributed by atoms with Gasteiger partial charge in [-0.2, -0.15) is 8.42 Å². The van der Waals surface area contributed by atoms with E-state index in [2.05, 4.69) is 0 Å². The molecule has 0 unspecified atom stereocenters. The molecule has 0 N–H and O–H groups in total. The van der Waals surface area contributed by atoms with Gasteiger partial charge in [-0.1, -0.05) is 22.1 Å². The van der Waals surface area contributed by atoms with Crippen molar-refractivity contribution in [2.24, 2.45) is 0 Å². The van der Waals surface area contributed by atoms with Gasteiger partial charge >= 0.3 is 10.4 Å². The number of anilines is 1. The highest BCUT2D eigenvalue weighted by atomic mass is 32.3. The molecule has 0 spiro atoms. The predicted molar refractivity (Wildman–Crippen MR) is 52.1 cm³/mol. The van der Waals surface area contributed by atoms with Crippen molar-refractivity contribution in [2.75, 3.05) is 10.8 Å². The van der Waals surface area contributed by atoms with E-state index in [-0.39, 0.29) is 6.54 Å². The minimum absolute atomic E-state index is 0.232. The largest absolute Gasteiger partial charge is 0.399 e. The third-order valence-corrected chi connectivity index (χ3v) is 3.24. The van der Waals surface area contributed by atoms with Gasteiger partial charge in [0.05, 0.1) is 5.69 Å². The van der Waals surface area contributed by atoms with Gasteiger partial charge in [0, 0.05) is 6.54 Å². The van der Waals surface area contributed by atoms with E-state index in [1.165, 1.54) is 0 Å². The van der Waals surface area contributed by atoms with Crippen molar-refractivity contribution in [3.63, 3.8) is 0 Å². The Bertz CT molecular complexity index is 444. The van der Waals surface area contributed by atoms with Crippen LogP contribution in [-0.4, -0.2) is 15.0 Å². The lowest BCUT2D eigenvalue weighted by Crippen LogP contribution is -2.32. The lowest BCUT2D eigenvalue weighted by Gasteiger charge is -2.26. The third-order valence-electron chi connectivity index (χ3n) is 2.33. The average Bonchev–Trinajstić information content (AvgIpc) is 2.15. The first-order valence-electron chi connectivity index (χ1n) is 4.39. The van der Waals surface area contributed by atoms with Crippen molar-refractivity contribution in [1.82, 2.24) is 0 Å². The fourth-order valence-corrected chi connectivity index (χ4v) is 2.49. The zero-order valence-corrected chi connectivity index (χ0v) is 8.30. The number of hydrogen-bond donors (Lipinski definition) is 0. The summed E-state index contributed by atoms with van der Waals surface area (Å²) in [5.74, 6) is 0. The Morgan fingerprint density at radius 2 is 2.00 bits per heavy atom. The smallest absolute Gasteiger partial charge is 0.244 e. The molecule has 0 aromatic heterocycles. The molecular formula is C9H10FNO2S. The molecule has 1 aliphatic heterocycles. The molecule has 0 saturated carbocycles. The van der Waals surface area contributed by atoms with Crippen LogP contribution in [0.5, 0.6) is 0 Å². The van der Waals surface area contributed by atoms with Crippen LogP contribution in [0.4, 0.5) is 9.57 Å². The minimum Gasteiger partial charge on any atom is -0.244 e. The van der Waals surface area contributed by atoms with Crippen molar-refractivity contribution in [1.29, 1.82) is 0 Å². The maximum atomic E-state index is 12.9. The molecule has 3 nitrogen and oxygen atoms in total. The fraction of sp³-hybridized carbons (Fsp3) is 0.333. The zero-order chi connectivity index (χ0) is 10.2. The second-order valence-corrected chi connectivity index (χ2v) is 4.51. The number of fused-ring (bicyclic) bond motifs is 1. The Hall–Kier alpha value is -1.10. The van der Waals surface area contributed by atoms with E-state index in [1.807, 2.05) is 12.1 Å². The molecule has 5 heteroatoms. The predicted octanol–water partition coefficient (Wildman–Crippen LogP) is 1.65. The molecule has 0 saturated heterocycles. The molecule has 1 aromatic rings. The zero-order valence-electron chi connectivity index (χ0n) is 7.48. The lowest BCUT2D eigenvalue weighted by molar-refractivity contribution is 0.542. The molecule has 0 atom stereocenters. The molecular weight excluding hydrogens is 205 g/mol. The molecule has 0 bridgehead atoms. The van der Waals surface area contributed by atoms with Crippen LogP contribution in [0.2, 0.25) is 0 Å². The fourth-order valence-electron chi connectivity index (χ4n) is 1.73. The Labute approximate surface area is 82.5 Å². The summed E-state index contributed by atoms with van der Waals surface area (Å²) < 4.78 is 35.3. The van der Waals surface area contributed by atoms with Gasteiger partial charge in [-0.3, -0.25) is 0 Å². The number of nitrogens with zero attached hydrogens (tertiary/aromatic N) is 1. The summed E-state index contributed by atoms with van der Waals surface area (Å²) in [5.41, 5.74) is 1.36. The maximum Gasteiger partial charge on any atom is 0.399 e. The molecule has 0 fully saturated rings. The molecule has 14 heavy (non-hydrogen) atoms. The summed E-state index contributed by atoms with van der Waals surface area (Å²) >= 11 is 0. The second kappa shape index (κ2) is 3.24. The lowest BCUT2D eigenvalue weighted by atomic mass is 10.0. The van der Waals surface area contributed by atoms with Gasteiger partial charge in [-0.25, -0.2) is 4.31 Å². The Balaban J connectivity index is 2.51. The van der Waals surface area contributed by atoms with Gasteiger partial charge in [0.25, 0.3) is 0 Å². The number of rotatable bonds is 1. The highest BCUT2D eigenvalue weighted by molar-refractivity contribution is 7.87. The van der Waals surface area contributed by atoms with Crippen LogP contribution in [-0.2, 0) is 16.8 Å². The molecule has 0 aliphatic carbocycles. The van der Waals surface area contributed by atoms with Gasteiger partial charge in [-0.15, -0.1) is 0 Å². The van der Waals surface area contributed by atoms with E-state index >= 15 is 0 Å². The van der Waals surface area contributed by atoms with Crippen LogP contribution >= 0.6 is 0 Å². The van der Waals surface area contributed by atoms with Gasteiger partial charge in [0.1, 0.15) is 0 Å². The van der Waals surface area contributed by atoms with E-state index in [4.69, 9.17) is 0 Å². The number of hydrogen-bond acceptors (Lipinski definition) is 2. The van der Waals surface area contributed by atoms with Crippen molar-refractivity contribution >= 4 is 16.1 Å². The standard InChI is InChI=1S/C9H10FNO2S/c10-14(12,13)11-7-3-5-8-4-1-2-6-9(8)11/h1-2,4,6H,3,5,7H2. The van der Waals surface area contributed by atoms with Gasteiger partial charge in [-0.05, 0) is 24.5 Å². The monoisotopic (exact) mass is 215 g/mol. The number of benzene rings is 1. The first kappa shape index (κ1) is 9.45. The van der Waals surface area contributed by atoms with Crippen LogP contribution in [0, 0.1) is 0 Å². The van der Waals surface area contributed by atoms with E-state index in [0.29, 0.717) is 12.1 Å². The molecule has 76 valence electrons. The van der Waals surface area contributed by atoms with Crippen molar-refractivity contribution < 1.29 is 12.3 Å². The number of aryl methyl sites for hydroxylation is 1. The first-order valence-corrected chi connectivity index (χ1v) is 5.73. The highest BCUT2D eigenvalue weighted by Crippen LogP contribution is 2.29. The Morgan fingerprint density at radius 1 is 1.29 bits per heavy atom. The van der Waals surface area contributed by atoms with Gasteiger partial charge < -0.3 is 0 Å². The SMILES string of the molecule is O=S(=O)(F)N1CCCc2ccccc21. The van der Waals surface area contributed by atoms with E-state index < -0.39 is 10.4 Å². The Kier molecular flexibility index (Phi) is 2.19. The first-order chi connectivity index (χ1) is 6.59. The molecule has 0 radical (unpaired) electrons. The van der Waals surface area contributed by atoms with Crippen LogP contribution < -0.4 is 4.31 Å². The van der Waals surface area contributed by atoms with E-state index in [1.54, 1.807) is 12.1 Å². The second-order valence-electron chi connectivity index (χ2n) is 3.25. The number of para-hydroxylation sites is 1. The van der Waals surface area contributed by atoms with Crippen LogP contribution in [0.3, 0.4) is 0 Å². The molecule has 1 aromatic carbocycles. The summed E-state index contributed by atoms with van der Waals surface area (Å²) in [4.78, 5) is 0. The van der Waals surface area contributed by atoms with Crippen molar-refractivity contribution in [3.05, 3.63) is 29.8 Å². The molecule has 0 amide bonds. The highest BCUT2D eigenvalue weighted by Gasteiger charge is 2.26. The van der Waals surface area contributed by atoms with E-state index in [0.717, 1.165) is 16.3 Å². The molecule has 1 heterocycles. The van der Waals surface area contributed by atoms with E-state index in [9.17, 15) is 12.3 Å². The van der Waals surface area contributed by atoms with Crippen LogP contribution in [0.25, 0.3) is 0 Å². The van der Waals surface area contributed by atoms with Gasteiger partial charge in [0.2, 0.25) is 0 Å². The third kappa shape index (κ3) is 1.59. The van der Waals surface area contributed by atoms with Crippen LogP contribution in [0.15, 0.2) is 24.3 Å². The van der Waals surface area contributed by atoms with Gasteiger partial charge in [0.15, 0.2) is 0 Å². The topological polar surface area (TPSA) is 37.4 Å². The quantitative estimate of drug-likeness (QED) is 0.668. The Morgan fingerprint density at radius 3 is 2.71 bits per heavy atom. The summed E-state index contributed by atoms with van der Waals surface area (Å²) in [6, 6.07) is 6.99. The normalized spacial score (nSPS) is 16.5. The summed E-state index contributed by atoms with van der Waals surface area (Å²) in [6.45, 7) is 0.232. The average molecular weight is 215 g/mol. The summed E-state index contributed by atoms with van der Waals surface area (Å²) in [6.07, 6.45) is 1.47. The summed E-state index contributed by atoms with van der Waals surface area (Å²) in [7, 11) is -4.61. The molecule has 2 rings (SSSR count).